The van der Waals surface area contributed by atoms with Crippen molar-refractivity contribution in [3.05, 3.63) is 23.2 Å². The Bertz CT molecular complexity index is 406. The Kier molecular flexibility index (Phi) is 2.76. The van der Waals surface area contributed by atoms with Crippen LogP contribution in [0.25, 0.3) is 0 Å². The molecular formula is C12H17ClN2O. The van der Waals surface area contributed by atoms with Crippen molar-refractivity contribution in [3.63, 3.8) is 0 Å². The molecule has 0 spiro atoms. The Hall–Kier alpha value is -0.930. The molecule has 2 atom stereocenters. The van der Waals surface area contributed by atoms with Crippen molar-refractivity contribution in [2.24, 2.45) is 5.41 Å². The summed E-state index contributed by atoms with van der Waals surface area (Å²) in [5.74, 6) is 0. The molecule has 0 radical (unpaired) electrons. The van der Waals surface area contributed by atoms with Crippen molar-refractivity contribution in [2.75, 3.05) is 11.1 Å². The minimum atomic E-state index is -0.245. The number of nitrogen functional groups attached to an aromatic ring is 1. The number of hydrogen-bond donors (Lipinski definition) is 3. The van der Waals surface area contributed by atoms with Gasteiger partial charge in [-0.2, -0.15) is 0 Å². The van der Waals surface area contributed by atoms with Gasteiger partial charge in [0.2, 0.25) is 0 Å². The fourth-order valence-corrected chi connectivity index (χ4v) is 2.16. The van der Waals surface area contributed by atoms with Crippen LogP contribution in [0, 0.1) is 5.41 Å². The normalized spacial score (nSPS) is 27.2. The molecule has 0 aromatic heterocycles. The SMILES string of the molecule is CC1(C)C(O)CC1Nc1cc(Cl)ccc1N. The van der Waals surface area contributed by atoms with Crippen LogP contribution in [-0.4, -0.2) is 17.3 Å². The molecule has 0 bridgehead atoms. The molecule has 4 heteroatoms. The van der Waals surface area contributed by atoms with E-state index in [1.165, 1.54) is 0 Å². The number of anilines is 2. The van der Waals surface area contributed by atoms with E-state index in [4.69, 9.17) is 17.3 Å². The van der Waals surface area contributed by atoms with Gasteiger partial charge in [-0.3, -0.25) is 0 Å². The first kappa shape index (κ1) is 11.6. The highest BCUT2D eigenvalue weighted by Gasteiger charge is 2.47. The van der Waals surface area contributed by atoms with Gasteiger partial charge in [-0.25, -0.2) is 0 Å². The number of aliphatic hydroxyl groups excluding tert-OH is 1. The average Bonchev–Trinajstić information content (AvgIpc) is 2.23. The number of nitrogens with one attached hydrogen (secondary N) is 1. The Balaban J connectivity index is 2.13. The third kappa shape index (κ3) is 1.85. The second-order valence-corrected chi connectivity index (χ2v) is 5.44. The molecule has 3 nitrogen and oxygen atoms in total. The van der Waals surface area contributed by atoms with Gasteiger partial charge < -0.3 is 16.2 Å². The van der Waals surface area contributed by atoms with Crippen molar-refractivity contribution >= 4 is 23.0 Å². The number of nitrogens with two attached hydrogens (primary N) is 1. The molecule has 0 saturated heterocycles. The van der Waals surface area contributed by atoms with E-state index in [0.717, 1.165) is 12.1 Å². The van der Waals surface area contributed by atoms with Crippen LogP contribution in [0.4, 0.5) is 11.4 Å². The first-order valence-corrected chi connectivity index (χ1v) is 5.78. The zero-order chi connectivity index (χ0) is 11.9. The van der Waals surface area contributed by atoms with Crippen LogP contribution < -0.4 is 11.1 Å². The highest BCUT2D eigenvalue weighted by atomic mass is 35.5. The van der Waals surface area contributed by atoms with Crippen molar-refractivity contribution in [1.29, 1.82) is 0 Å². The van der Waals surface area contributed by atoms with Crippen LogP contribution in [0.5, 0.6) is 0 Å². The third-order valence-electron chi connectivity index (χ3n) is 3.56. The monoisotopic (exact) mass is 240 g/mol. The number of rotatable bonds is 2. The van der Waals surface area contributed by atoms with E-state index < -0.39 is 0 Å². The van der Waals surface area contributed by atoms with E-state index in [0.29, 0.717) is 10.7 Å². The van der Waals surface area contributed by atoms with E-state index in [2.05, 4.69) is 5.32 Å². The lowest BCUT2D eigenvalue weighted by Gasteiger charge is -2.50. The number of halogens is 1. The number of aliphatic hydroxyl groups is 1. The van der Waals surface area contributed by atoms with E-state index >= 15 is 0 Å². The van der Waals surface area contributed by atoms with Crippen LogP contribution >= 0.6 is 11.6 Å². The number of hydrogen-bond acceptors (Lipinski definition) is 3. The van der Waals surface area contributed by atoms with E-state index in [1.54, 1.807) is 12.1 Å². The minimum Gasteiger partial charge on any atom is -0.397 e. The standard InChI is InChI=1S/C12H17ClN2O/c1-12(2)10(6-11(12)16)15-9-5-7(13)3-4-8(9)14/h3-5,10-11,15-16H,6,14H2,1-2H3. The van der Waals surface area contributed by atoms with Gasteiger partial charge in [0.05, 0.1) is 17.5 Å². The van der Waals surface area contributed by atoms with Crippen LogP contribution in [-0.2, 0) is 0 Å². The Morgan fingerprint density at radius 2 is 2.19 bits per heavy atom. The largest absolute Gasteiger partial charge is 0.397 e. The Morgan fingerprint density at radius 1 is 1.50 bits per heavy atom. The quantitative estimate of drug-likeness (QED) is 0.697. The zero-order valence-corrected chi connectivity index (χ0v) is 10.3. The maximum Gasteiger partial charge on any atom is 0.0630 e. The predicted octanol–water partition coefficient (Wildman–Crippen LogP) is 2.49. The first-order valence-electron chi connectivity index (χ1n) is 5.41. The predicted molar refractivity (Wildman–Crippen MR) is 67.7 cm³/mol. The summed E-state index contributed by atoms with van der Waals surface area (Å²) in [6, 6.07) is 5.61. The zero-order valence-electron chi connectivity index (χ0n) is 9.50. The van der Waals surface area contributed by atoms with Crippen LogP contribution in [0.3, 0.4) is 0 Å². The summed E-state index contributed by atoms with van der Waals surface area (Å²) in [7, 11) is 0. The fourth-order valence-electron chi connectivity index (χ4n) is 1.99. The highest BCUT2D eigenvalue weighted by Crippen LogP contribution is 2.43. The van der Waals surface area contributed by atoms with Crippen molar-refractivity contribution in [1.82, 2.24) is 0 Å². The summed E-state index contributed by atoms with van der Waals surface area (Å²) in [5, 5.41) is 13.7. The maximum absolute atomic E-state index is 9.65. The molecule has 16 heavy (non-hydrogen) atoms. The van der Waals surface area contributed by atoms with Gasteiger partial charge in [0.15, 0.2) is 0 Å². The van der Waals surface area contributed by atoms with Gasteiger partial charge in [0.25, 0.3) is 0 Å². The molecule has 1 saturated carbocycles. The van der Waals surface area contributed by atoms with Gasteiger partial charge in [-0.05, 0) is 24.6 Å². The lowest BCUT2D eigenvalue weighted by Crippen LogP contribution is -2.56. The molecule has 1 aliphatic carbocycles. The molecule has 1 aromatic carbocycles. The summed E-state index contributed by atoms with van der Waals surface area (Å²) in [5.41, 5.74) is 7.27. The molecule has 0 amide bonds. The summed E-state index contributed by atoms with van der Waals surface area (Å²) >= 11 is 5.92. The van der Waals surface area contributed by atoms with E-state index in [9.17, 15) is 5.11 Å². The van der Waals surface area contributed by atoms with Crippen molar-refractivity contribution in [3.8, 4) is 0 Å². The molecule has 1 aromatic rings. The third-order valence-corrected chi connectivity index (χ3v) is 3.80. The summed E-state index contributed by atoms with van der Waals surface area (Å²) in [4.78, 5) is 0. The number of benzene rings is 1. The molecule has 0 heterocycles. The maximum atomic E-state index is 9.65. The van der Waals surface area contributed by atoms with Gasteiger partial charge in [-0.1, -0.05) is 25.4 Å². The average molecular weight is 241 g/mol. The molecule has 1 fully saturated rings. The van der Waals surface area contributed by atoms with Crippen molar-refractivity contribution < 1.29 is 5.11 Å². The van der Waals surface area contributed by atoms with E-state index in [1.807, 2.05) is 19.9 Å². The molecule has 88 valence electrons. The molecule has 1 aliphatic rings. The molecular weight excluding hydrogens is 224 g/mol. The molecule has 2 unspecified atom stereocenters. The van der Waals surface area contributed by atoms with Gasteiger partial charge in [0.1, 0.15) is 0 Å². The first-order chi connectivity index (χ1) is 7.41. The fraction of sp³-hybridized carbons (Fsp3) is 0.500. The lowest BCUT2D eigenvalue weighted by atomic mass is 9.64. The van der Waals surface area contributed by atoms with Crippen LogP contribution in [0.2, 0.25) is 5.02 Å². The molecule has 2 rings (SSSR count). The van der Waals surface area contributed by atoms with Crippen LogP contribution in [0.1, 0.15) is 20.3 Å². The van der Waals surface area contributed by atoms with Gasteiger partial charge in [0, 0.05) is 16.5 Å². The van der Waals surface area contributed by atoms with Crippen molar-refractivity contribution in [2.45, 2.75) is 32.4 Å². The smallest absolute Gasteiger partial charge is 0.0630 e. The van der Waals surface area contributed by atoms with Gasteiger partial charge >= 0.3 is 0 Å². The second kappa shape index (κ2) is 3.82. The summed E-state index contributed by atoms with van der Waals surface area (Å²) in [6.07, 6.45) is 0.504. The van der Waals surface area contributed by atoms with Gasteiger partial charge in [-0.15, -0.1) is 0 Å². The Morgan fingerprint density at radius 3 is 2.75 bits per heavy atom. The highest BCUT2D eigenvalue weighted by molar-refractivity contribution is 6.31. The minimum absolute atomic E-state index is 0.116. The second-order valence-electron chi connectivity index (χ2n) is 5.00. The topological polar surface area (TPSA) is 58.3 Å². The lowest BCUT2D eigenvalue weighted by molar-refractivity contribution is -0.0510. The molecule has 0 aliphatic heterocycles. The summed E-state index contributed by atoms with van der Waals surface area (Å²) in [6.45, 7) is 4.08. The van der Waals surface area contributed by atoms with E-state index in [-0.39, 0.29) is 17.6 Å². The van der Waals surface area contributed by atoms with Crippen LogP contribution in [0.15, 0.2) is 18.2 Å². The summed E-state index contributed by atoms with van der Waals surface area (Å²) < 4.78 is 0. The Labute approximate surface area is 101 Å². The molecule has 4 N–H and O–H groups in total.